The van der Waals surface area contributed by atoms with Gasteiger partial charge in [0, 0.05) is 18.6 Å². The fourth-order valence-electron chi connectivity index (χ4n) is 1.46. The minimum absolute atomic E-state index is 0.0702. The summed E-state index contributed by atoms with van der Waals surface area (Å²) in [6, 6.07) is 1.78. The standard InChI is InChI=1S/C11H17NO2S/c1-11(2,3)7-9-5-6-12-8-10(9)15(4,13)14/h5-6,8H,7H2,1-4H3. The van der Waals surface area contributed by atoms with Crippen molar-refractivity contribution < 1.29 is 8.42 Å². The van der Waals surface area contributed by atoms with Crippen molar-refractivity contribution in [2.75, 3.05) is 6.26 Å². The van der Waals surface area contributed by atoms with Crippen molar-refractivity contribution in [1.82, 2.24) is 4.98 Å². The van der Waals surface area contributed by atoms with Crippen LogP contribution in [0.15, 0.2) is 23.4 Å². The molecule has 1 aromatic heterocycles. The van der Waals surface area contributed by atoms with Crippen molar-refractivity contribution in [2.45, 2.75) is 32.1 Å². The fraction of sp³-hybridized carbons (Fsp3) is 0.545. The molecule has 0 aliphatic carbocycles. The Kier molecular flexibility index (Phi) is 3.19. The molecule has 84 valence electrons. The summed E-state index contributed by atoms with van der Waals surface area (Å²) in [7, 11) is -3.17. The molecule has 15 heavy (non-hydrogen) atoms. The Balaban J connectivity index is 3.20. The van der Waals surface area contributed by atoms with E-state index in [1.54, 1.807) is 12.3 Å². The molecule has 1 rings (SSSR count). The van der Waals surface area contributed by atoms with Gasteiger partial charge in [0.05, 0.1) is 4.90 Å². The van der Waals surface area contributed by atoms with Gasteiger partial charge in [-0.1, -0.05) is 20.8 Å². The van der Waals surface area contributed by atoms with E-state index < -0.39 is 9.84 Å². The van der Waals surface area contributed by atoms with E-state index in [1.165, 1.54) is 12.5 Å². The monoisotopic (exact) mass is 227 g/mol. The lowest BCUT2D eigenvalue weighted by atomic mass is 9.88. The highest BCUT2D eigenvalue weighted by Crippen LogP contribution is 2.24. The molecule has 3 nitrogen and oxygen atoms in total. The molecule has 0 N–H and O–H groups in total. The average molecular weight is 227 g/mol. The second-order valence-corrected chi connectivity index (χ2v) is 6.98. The molecule has 1 aromatic rings. The zero-order chi connectivity index (χ0) is 11.7. The molecule has 1 heterocycles. The lowest BCUT2D eigenvalue weighted by Gasteiger charge is -2.19. The van der Waals surface area contributed by atoms with Gasteiger partial charge in [0.2, 0.25) is 0 Å². The minimum Gasteiger partial charge on any atom is -0.263 e. The van der Waals surface area contributed by atoms with Crippen LogP contribution in [0.1, 0.15) is 26.3 Å². The third-order valence-electron chi connectivity index (χ3n) is 1.99. The second kappa shape index (κ2) is 3.93. The first-order valence-electron chi connectivity index (χ1n) is 4.83. The van der Waals surface area contributed by atoms with Crippen LogP contribution >= 0.6 is 0 Å². The zero-order valence-corrected chi connectivity index (χ0v) is 10.4. The summed E-state index contributed by atoms with van der Waals surface area (Å²) in [6.07, 6.45) is 5.01. The smallest absolute Gasteiger partial charge is 0.177 e. The third kappa shape index (κ3) is 3.63. The number of sulfone groups is 1. The Hall–Kier alpha value is -0.900. The van der Waals surface area contributed by atoms with E-state index >= 15 is 0 Å². The molecular formula is C11H17NO2S. The van der Waals surface area contributed by atoms with Gasteiger partial charge in [-0.25, -0.2) is 8.42 Å². The van der Waals surface area contributed by atoms with Gasteiger partial charge in [0.15, 0.2) is 9.84 Å². The Morgan fingerprint density at radius 1 is 1.33 bits per heavy atom. The molecular weight excluding hydrogens is 210 g/mol. The lowest BCUT2D eigenvalue weighted by Crippen LogP contribution is -2.13. The number of nitrogens with zero attached hydrogens (tertiary/aromatic N) is 1. The molecule has 0 aromatic carbocycles. The highest BCUT2D eigenvalue weighted by atomic mass is 32.2. The highest BCUT2D eigenvalue weighted by Gasteiger charge is 2.18. The van der Waals surface area contributed by atoms with Crippen LogP contribution in [0.4, 0.5) is 0 Å². The Morgan fingerprint density at radius 3 is 2.40 bits per heavy atom. The van der Waals surface area contributed by atoms with Crippen LogP contribution in [0.25, 0.3) is 0 Å². The first kappa shape index (κ1) is 12.2. The topological polar surface area (TPSA) is 47.0 Å². The predicted molar refractivity (Wildman–Crippen MR) is 60.5 cm³/mol. The van der Waals surface area contributed by atoms with Crippen LogP contribution in [-0.4, -0.2) is 19.7 Å². The Bertz CT molecular complexity index is 444. The van der Waals surface area contributed by atoms with Crippen LogP contribution < -0.4 is 0 Å². The van der Waals surface area contributed by atoms with E-state index in [1.807, 2.05) is 0 Å². The molecule has 0 amide bonds. The predicted octanol–water partition coefficient (Wildman–Crippen LogP) is 2.07. The number of hydrogen-bond acceptors (Lipinski definition) is 3. The first-order valence-corrected chi connectivity index (χ1v) is 6.72. The van der Waals surface area contributed by atoms with Crippen LogP contribution in [0.2, 0.25) is 0 Å². The number of hydrogen-bond donors (Lipinski definition) is 0. The van der Waals surface area contributed by atoms with Gasteiger partial charge in [0.25, 0.3) is 0 Å². The van der Waals surface area contributed by atoms with Gasteiger partial charge < -0.3 is 0 Å². The van der Waals surface area contributed by atoms with Crippen molar-refractivity contribution in [3.63, 3.8) is 0 Å². The van der Waals surface area contributed by atoms with Crippen molar-refractivity contribution in [3.05, 3.63) is 24.0 Å². The van der Waals surface area contributed by atoms with Gasteiger partial charge in [-0.2, -0.15) is 0 Å². The summed E-state index contributed by atoms with van der Waals surface area (Å²) >= 11 is 0. The maximum atomic E-state index is 11.5. The number of aromatic nitrogens is 1. The molecule has 0 atom stereocenters. The number of pyridine rings is 1. The molecule has 0 spiro atoms. The van der Waals surface area contributed by atoms with E-state index in [2.05, 4.69) is 25.8 Å². The second-order valence-electron chi connectivity index (χ2n) is 4.99. The van der Waals surface area contributed by atoms with Crippen molar-refractivity contribution in [3.8, 4) is 0 Å². The van der Waals surface area contributed by atoms with Crippen molar-refractivity contribution >= 4 is 9.84 Å². The maximum Gasteiger partial charge on any atom is 0.177 e. The van der Waals surface area contributed by atoms with E-state index in [0.29, 0.717) is 4.90 Å². The molecule has 0 fully saturated rings. The third-order valence-corrected chi connectivity index (χ3v) is 3.16. The van der Waals surface area contributed by atoms with Gasteiger partial charge >= 0.3 is 0 Å². The highest BCUT2D eigenvalue weighted by molar-refractivity contribution is 7.90. The van der Waals surface area contributed by atoms with Gasteiger partial charge in [0.1, 0.15) is 0 Å². The van der Waals surface area contributed by atoms with E-state index in [4.69, 9.17) is 0 Å². The molecule has 0 radical (unpaired) electrons. The fourth-order valence-corrected chi connectivity index (χ4v) is 2.33. The molecule has 0 aliphatic rings. The number of rotatable bonds is 2. The largest absolute Gasteiger partial charge is 0.263 e. The van der Waals surface area contributed by atoms with Crippen molar-refractivity contribution in [1.29, 1.82) is 0 Å². The molecule has 0 saturated heterocycles. The van der Waals surface area contributed by atoms with Crippen LogP contribution in [0.3, 0.4) is 0 Å². The Morgan fingerprint density at radius 2 is 1.93 bits per heavy atom. The first-order chi connectivity index (χ1) is 6.70. The SMILES string of the molecule is CC(C)(C)Cc1ccncc1S(C)(=O)=O. The van der Waals surface area contributed by atoms with E-state index in [-0.39, 0.29) is 5.41 Å². The van der Waals surface area contributed by atoms with Crippen LogP contribution in [-0.2, 0) is 16.3 Å². The molecule has 0 bridgehead atoms. The summed E-state index contributed by atoms with van der Waals surface area (Å²) < 4.78 is 23.0. The average Bonchev–Trinajstić information content (AvgIpc) is 1.99. The van der Waals surface area contributed by atoms with E-state index in [9.17, 15) is 8.42 Å². The van der Waals surface area contributed by atoms with Crippen LogP contribution in [0.5, 0.6) is 0 Å². The molecule has 0 unspecified atom stereocenters. The van der Waals surface area contributed by atoms with Gasteiger partial charge in [-0.05, 0) is 23.5 Å². The molecule has 0 aliphatic heterocycles. The minimum atomic E-state index is -3.17. The molecule has 0 saturated carbocycles. The molecule has 4 heteroatoms. The Labute approximate surface area is 91.5 Å². The quantitative estimate of drug-likeness (QED) is 0.777. The van der Waals surface area contributed by atoms with Gasteiger partial charge in [-0.15, -0.1) is 0 Å². The summed E-state index contributed by atoms with van der Waals surface area (Å²) in [4.78, 5) is 4.21. The van der Waals surface area contributed by atoms with Gasteiger partial charge in [-0.3, -0.25) is 4.98 Å². The van der Waals surface area contributed by atoms with Crippen molar-refractivity contribution in [2.24, 2.45) is 5.41 Å². The zero-order valence-electron chi connectivity index (χ0n) is 9.61. The van der Waals surface area contributed by atoms with E-state index in [0.717, 1.165) is 12.0 Å². The summed E-state index contributed by atoms with van der Waals surface area (Å²) in [5, 5.41) is 0. The normalized spacial score (nSPS) is 12.8. The van der Waals surface area contributed by atoms with Crippen LogP contribution in [0, 0.1) is 5.41 Å². The summed E-state index contributed by atoms with van der Waals surface area (Å²) in [6.45, 7) is 6.25. The maximum absolute atomic E-state index is 11.5. The summed E-state index contributed by atoms with van der Waals surface area (Å²) in [5.74, 6) is 0. The lowest BCUT2D eigenvalue weighted by molar-refractivity contribution is 0.407. The summed E-state index contributed by atoms with van der Waals surface area (Å²) in [5.41, 5.74) is 0.917.